The Hall–Kier alpha value is -2.05. The summed E-state index contributed by atoms with van der Waals surface area (Å²) in [5, 5.41) is 16.2. The normalized spacial score (nSPS) is 10.4. The number of benzene rings is 1. The molecule has 0 atom stereocenters. The largest absolute Gasteiger partial charge is 0.419 e. The molecule has 0 unspecified atom stereocenters. The molecule has 0 aliphatic heterocycles. The Kier molecular flexibility index (Phi) is 3.95. The van der Waals surface area contributed by atoms with E-state index in [1.807, 2.05) is 0 Å². The summed E-state index contributed by atoms with van der Waals surface area (Å²) in [4.78, 5) is 0. The summed E-state index contributed by atoms with van der Waals surface area (Å²) in [6.07, 6.45) is -4.02. The third kappa shape index (κ3) is 2.99. The van der Waals surface area contributed by atoms with Crippen LogP contribution in [0.4, 0.5) is 17.6 Å². The van der Waals surface area contributed by atoms with Crippen LogP contribution in [0.15, 0.2) is 17.7 Å². The summed E-state index contributed by atoms with van der Waals surface area (Å²) >= 11 is 5.32. The molecular weight excluding hydrogens is 272 g/mol. The van der Waals surface area contributed by atoms with Crippen molar-refractivity contribution in [1.82, 2.24) is 0 Å². The lowest BCUT2D eigenvalue weighted by atomic mass is 10.1. The van der Waals surface area contributed by atoms with Crippen LogP contribution >= 0.6 is 11.6 Å². The van der Waals surface area contributed by atoms with E-state index in [0.717, 1.165) is 12.1 Å². The fourth-order valence-corrected chi connectivity index (χ4v) is 1.38. The van der Waals surface area contributed by atoms with E-state index in [2.05, 4.69) is 0 Å². The molecule has 1 rings (SSSR count). The summed E-state index contributed by atoms with van der Waals surface area (Å²) in [5.41, 5.74) is -2.13. The van der Waals surface area contributed by atoms with Gasteiger partial charge in [0.05, 0.1) is 10.6 Å². The molecule has 0 saturated heterocycles. The zero-order chi connectivity index (χ0) is 13.9. The first-order chi connectivity index (χ1) is 8.29. The van der Waals surface area contributed by atoms with Gasteiger partial charge in [0.2, 0.25) is 0 Å². The molecule has 0 spiro atoms. The van der Waals surface area contributed by atoms with Gasteiger partial charge >= 0.3 is 6.18 Å². The maximum absolute atomic E-state index is 13.2. The number of hydrogen-bond donors (Lipinski definition) is 0. The van der Waals surface area contributed by atoms with Crippen LogP contribution in [0, 0.1) is 28.5 Å². The van der Waals surface area contributed by atoms with Crippen molar-refractivity contribution in [3.63, 3.8) is 0 Å². The maximum atomic E-state index is 13.2. The van der Waals surface area contributed by atoms with Crippen LogP contribution in [-0.2, 0) is 6.18 Å². The predicted octanol–water partition coefficient (Wildman–Crippen LogP) is 3.93. The molecule has 0 bridgehead atoms. The van der Waals surface area contributed by atoms with Crippen LogP contribution in [0.1, 0.15) is 11.1 Å². The molecule has 18 heavy (non-hydrogen) atoms. The number of alkyl halides is 3. The molecule has 0 heterocycles. The Morgan fingerprint density at radius 1 is 1.22 bits per heavy atom. The van der Waals surface area contributed by atoms with Crippen molar-refractivity contribution in [3.8, 4) is 12.1 Å². The lowest BCUT2D eigenvalue weighted by molar-refractivity contribution is -0.140. The third-order valence-corrected chi connectivity index (χ3v) is 2.18. The zero-order valence-corrected chi connectivity index (χ0v) is 9.27. The Morgan fingerprint density at radius 2 is 1.78 bits per heavy atom. The van der Waals surface area contributed by atoms with Gasteiger partial charge in [-0.3, -0.25) is 0 Å². The number of halogens is 5. The summed E-state index contributed by atoms with van der Waals surface area (Å²) in [7, 11) is 0. The molecule has 2 nitrogen and oxygen atoms in total. The molecule has 0 fully saturated rings. The highest BCUT2D eigenvalue weighted by Crippen LogP contribution is 2.35. The standard InChI is InChI=1S/C11H3ClF4N2/c12-9-3-6(1-7(4-17)5-18)2-8(10(9)13)11(14,15)16/h1-3H. The topological polar surface area (TPSA) is 47.6 Å². The van der Waals surface area contributed by atoms with E-state index in [9.17, 15) is 17.6 Å². The van der Waals surface area contributed by atoms with Crippen LogP contribution in [0.2, 0.25) is 5.02 Å². The third-order valence-electron chi connectivity index (χ3n) is 1.91. The fraction of sp³-hybridized carbons (Fsp3) is 0.0909. The number of nitrogens with zero attached hydrogens (tertiary/aromatic N) is 2. The smallest absolute Gasteiger partial charge is 0.205 e. The van der Waals surface area contributed by atoms with Crippen LogP contribution < -0.4 is 0 Å². The van der Waals surface area contributed by atoms with Gasteiger partial charge in [-0.2, -0.15) is 23.7 Å². The van der Waals surface area contributed by atoms with Crippen molar-refractivity contribution >= 4 is 17.7 Å². The Bertz CT molecular complexity index is 575. The highest BCUT2D eigenvalue weighted by molar-refractivity contribution is 6.31. The van der Waals surface area contributed by atoms with Crippen molar-refractivity contribution in [3.05, 3.63) is 39.7 Å². The molecule has 0 amide bonds. The van der Waals surface area contributed by atoms with Gasteiger partial charge in [-0.05, 0) is 23.8 Å². The number of hydrogen-bond acceptors (Lipinski definition) is 2. The van der Waals surface area contributed by atoms with Gasteiger partial charge in [0.15, 0.2) is 5.82 Å². The van der Waals surface area contributed by atoms with E-state index in [-0.39, 0.29) is 5.56 Å². The molecule has 0 N–H and O–H groups in total. The van der Waals surface area contributed by atoms with Crippen LogP contribution in [0.25, 0.3) is 6.08 Å². The molecule has 0 aliphatic rings. The predicted molar refractivity (Wildman–Crippen MR) is 55.6 cm³/mol. The monoisotopic (exact) mass is 274 g/mol. The molecule has 0 radical (unpaired) electrons. The highest BCUT2D eigenvalue weighted by atomic mass is 35.5. The second kappa shape index (κ2) is 5.07. The van der Waals surface area contributed by atoms with Gasteiger partial charge < -0.3 is 0 Å². The van der Waals surface area contributed by atoms with Crippen LogP contribution in [0.5, 0.6) is 0 Å². The molecule has 1 aromatic carbocycles. The van der Waals surface area contributed by atoms with E-state index in [4.69, 9.17) is 22.1 Å². The molecule has 7 heteroatoms. The van der Waals surface area contributed by atoms with Crippen molar-refractivity contribution in [1.29, 1.82) is 10.5 Å². The first-order valence-electron chi connectivity index (χ1n) is 4.37. The fourth-order valence-electron chi connectivity index (χ4n) is 1.16. The summed E-state index contributed by atoms with van der Waals surface area (Å²) in [5.74, 6) is -1.59. The SMILES string of the molecule is N#CC(C#N)=Cc1cc(Cl)c(F)c(C(F)(F)F)c1. The van der Waals surface area contributed by atoms with Crippen molar-refractivity contribution in [2.45, 2.75) is 6.18 Å². The second-order valence-corrected chi connectivity index (χ2v) is 3.55. The van der Waals surface area contributed by atoms with Crippen LogP contribution in [0.3, 0.4) is 0 Å². The van der Waals surface area contributed by atoms with E-state index >= 15 is 0 Å². The molecular formula is C11H3ClF4N2. The van der Waals surface area contributed by atoms with Gasteiger partial charge in [0.1, 0.15) is 17.7 Å². The zero-order valence-electron chi connectivity index (χ0n) is 8.52. The first kappa shape index (κ1) is 14.0. The molecule has 92 valence electrons. The average Bonchev–Trinajstić information content (AvgIpc) is 2.28. The van der Waals surface area contributed by atoms with Crippen molar-refractivity contribution in [2.75, 3.05) is 0 Å². The molecule has 0 aliphatic carbocycles. The number of rotatable bonds is 1. The summed E-state index contributed by atoms with van der Waals surface area (Å²) in [6, 6.07) is 4.33. The first-order valence-corrected chi connectivity index (χ1v) is 4.75. The number of nitriles is 2. The molecule has 0 aromatic heterocycles. The second-order valence-electron chi connectivity index (χ2n) is 3.14. The highest BCUT2D eigenvalue weighted by Gasteiger charge is 2.35. The van der Waals surface area contributed by atoms with Gasteiger partial charge in [-0.1, -0.05) is 11.6 Å². The van der Waals surface area contributed by atoms with Crippen molar-refractivity contribution < 1.29 is 17.6 Å². The van der Waals surface area contributed by atoms with E-state index < -0.39 is 28.2 Å². The maximum Gasteiger partial charge on any atom is 0.419 e. The van der Waals surface area contributed by atoms with Crippen molar-refractivity contribution in [2.24, 2.45) is 0 Å². The average molecular weight is 275 g/mol. The Balaban J connectivity index is 3.45. The van der Waals surface area contributed by atoms with Gasteiger partial charge in [-0.15, -0.1) is 0 Å². The van der Waals surface area contributed by atoms with Gasteiger partial charge in [-0.25, -0.2) is 4.39 Å². The van der Waals surface area contributed by atoms with E-state index in [1.54, 1.807) is 0 Å². The van der Waals surface area contributed by atoms with E-state index in [0.29, 0.717) is 6.07 Å². The van der Waals surface area contributed by atoms with Crippen LogP contribution in [-0.4, -0.2) is 0 Å². The summed E-state index contributed by atoms with van der Waals surface area (Å²) in [6.45, 7) is 0. The Morgan fingerprint density at radius 3 is 2.22 bits per heavy atom. The minimum Gasteiger partial charge on any atom is -0.205 e. The minimum absolute atomic E-state index is 0.174. The lowest BCUT2D eigenvalue weighted by Crippen LogP contribution is -2.08. The number of allylic oxidation sites excluding steroid dienone is 1. The minimum atomic E-state index is -4.91. The molecule has 1 aromatic rings. The van der Waals surface area contributed by atoms with E-state index in [1.165, 1.54) is 12.1 Å². The lowest BCUT2D eigenvalue weighted by Gasteiger charge is -2.10. The van der Waals surface area contributed by atoms with Gasteiger partial charge in [0.25, 0.3) is 0 Å². The van der Waals surface area contributed by atoms with Gasteiger partial charge in [0, 0.05) is 0 Å². The Labute approximate surface area is 104 Å². The quantitative estimate of drug-likeness (QED) is 0.575. The summed E-state index contributed by atoms with van der Waals surface area (Å²) < 4.78 is 50.6. The molecule has 0 saturated carbocycles.